The predicted octanol–water partition coefficient (Wildman–Crippen LogP) is 3.30. The van der Waals surface area contributed by atoms with Crippen LogP contribution in [0.4, 0.5) is 14.5 Å². The number of benzene rings is 1. The molecule has 0 bridgehead atoms. The van der Waals surface area contributed by atoms with Gasteiger partial charge in [0.1, 0.15) is 17.2 Å². The summed E-state index contributed by atoms with van der Waals surface area (Å²) in [5.74, 6) is -6.39. The van der Waals surface area contributed by atoms with Gasteiger partial charge >= 0.3 is 5.97 Å². The third-order valence-corrected chi connectivity index (χ3v) is 4.55. The van der Waals surface area contributed by atoms with E-state index in [9.17, 15) is 23.5 Å². The normalized spacial score (nSPS) is 24.9. The summed E-state index contributed by atoms with van der Waals surface area (Å²) in [6, 6.07) is 2.00. The molecule has 0 saturated carbocycles. The molecule has 1 aromatic carbocycles. The Morgan fingerprint density at radius 1 is 1.23 bits per heavy atom. The van der Waals surface area contributed by atoms with Crippen molar-refractivity contribution in [1.29, 1.82) is 0 Å². The molecular weight excluding hydrogens is 416 g/mol. The molecule has 0 fully saturated rings. The van der Waals surface area contributed by atoms with E-state index in [1.807, 2.05) is 0 Å². The maximum Gasteiger partial charge on any atom is 0.345 e. The maximum atomic E-state index is 13.9. The highest BCUT2D eigenvalue weighted by Crippen LogP contribution is 2.38. The van der Waals surface area contributed by atoms with Crippen LogP contribution in [0.2, 0.25) is 0 Å². The Kier molecular flexibility index (Phi) is 4.51. The molecule has 2 atom stereocenters. The molecule has 138 valence electrons. The lowest BCUT2D eigenvalue weighted by molar-refractivity contribution is -0.223. The molecular formula is C17H14BrF2NO5. The molecule has 0 spiro atoms. The number of hydrogen-bond acceptors (Lipinski definition) is 6. The van der Waals surface area contributed by atoms with E-state index in [0.29, 0.717) is 6.07 Å². The second-order valence-corrected chi connectivity index (χ2v) is 7.12. The number of rotatable bonds is 3. The summed E-state index contributed by atoms with van der Waals surface area (Å²) in [5, 5.41) is 12.9. The molecule has 0 radical (unpaired) electrons. The standard InChI is InChI=1S/C17H14BrF2NO5/c1-17(2)25-15(23)13(16(24)26-17)12-11(6-8(18)14(12)22)21-10-4-3-7(19)5-9(10)20/h3-6,11-12,21,23H,1-2H3. The number of aliphatic hydroxyl groups excluding tert-OH is 1. The molecule has 1 aromatic rings. The minimum absolute atomic E-state index is 0.0711. The van der Waals surface area contributed by atoms with E-state index < -0.39 is 47.1 Å². The third-order valence-electron chi connectivity index (χ3n) is 3.90. The first-order valence-electron chi connectivity index (χ1n) is 7.57. The van der Waals surface area contributed by atoms with Crippen LogP contribution in [0, 0.1) is 17.6 Å². The van der Waals surface area contributed by atoms with Crippen LogP contribution >= 0.6 is 15.9 Å². The quantitative estimate of drug-likeness (QED) is 0.717. The zero-order valence-electron chi connectivity index (χ0n) is 13.7. The fraction of sp³-hybridized carbons (Fsp3) is 0.294. The van der Waals surface area contributed by atoms with Crippen LogP contribution in [-0.2, 0) is 19.1 Å². The van der Waals surface area contributed by atoms with E-state index in [0.717, 1.165) is 6.07 Å². The van der Waals surface area contributed by atoms with E-state index in [4.69, 9.17) is 9.47 Å². The van der Waals surface area contributed by atoms with Gasteiger partial charge in [0.15, 0.2) is 5.78 Å². The van der Waals surface area contributed by atoms with Crippen LogP contribution in [0.3, 0.4) is 0 Å². The summed E-state index contributed by atoms with van der Waals surface area (Å²) in [4.78, 5) is 24.8. The molecule has 2 aliphatic rings. The number of carbonyl (C=O) groups excluding carboxylic acids is 2. The van der Waals surface area contributed by atoms with Crippen LogP contribution in [-0.4, -0.2) is 28.7 Å². The Bertz CT molecular complexity index is 865. The number of cyclic esters (lactones) is 1. The highest BCUT2D eigenvalue weighted by molar-refractivity contribution is 9.12. The molecule has 0 aromatic heterocycles. The topological polar surface area (TPSA) is 84.9 Å². The molecule has 9 heteroatoms. The number of esters is 1. The first-order chi connectivity index (χ1) is 12.1. The van der Waals surface area contributed by atoms with E-state index in [-0.39, 0.29) is 15.7 Å². The summed E-state index contributed by atoms with van der Waals surface area (Å²) in [6.45, 7) is 2.85. The zero-order valence-corrected chi connectivity index (χ0v) is 15.3. The van der Waals surface area contributed by atoms with Gasteiger partial charge in [-0.3, -0.25) is 4.79 Å². The predicted molar refractivity (Wildman–Crippen MR) is 90.2 cm³/mol. The summed E-state index contributed by atoms with van der Waals surface area (Å²) in [7, 11) is 0. The van der Waals surface area contributed by atoms with Gasteiger partial charge in [-0.15, -0.1) is 0 Å². The van der Waals surface area contributed by atoms with Gasteiger partial charge in [-0.2, -0.15) is 0 Å². The van der Waals surface area contributed by atoms with Crippen LogP contribution < -0.4 is 5.32 Å². The Morgan fingerprint density at radius 2 is 1.92 bits per heavy atom. The fourth-order valence-corrected chi connectivity index (χ4v) is 3.33. The van der Waals surface area contributed by atoms with Crippen molar-refractivity contribution in [2.75, 3.05) is 5.32 Å². The van der Waals surface area contributed by atoms with E-state index in [1.165, 1.54) is 26.0 Å². The first-order valence-corrected chi connectivity index (χ1v) is 8.37. The average molecular weight is 430 g/mol. The number of nitrogens with one attached hydrogen (secondary N) is 1. The minimum Gasteiger partial charge on any atom is -0.480 e. The minimum atomic E-state index is -1.39. The van der Waals surface area contributed by atoms with Crippen LogP contribution in [0.1, 0.15) is 13.8 Å². The average Bonchev–Trinajstić information content (AvgIpc) is 2.76. The third kappa shape index (κ3) is 3.31. The Balaban J connectivity index is 1.97. The number of allylic oxidation sites excluding steroid dienone is 1. The van der Waals surface area contributed by atoms with Crippen molar-refractivity contribution in [3.05, 3.63) is 51.9 Å². The van der Waals surface area contributed by atoms with Crippen LogP contribution in [0.25, 0.3) is 0 Å². The van der Waals surface area contributed by atoms with Gasteiger partial charge < -0.3 is 19.9 Å². The SMILES string of the molecule is CC1(C)OC(=O)C(C2C(=O)C(Br)=CC2Nc2ccc(F)cc2F)=C(O)O1. The first kappa shape index (κ1) is 18.4. The summed E-state index contributed by atoms with van der Waals surface area (Å²) < 4.78 is 37.3. The zero-order chi connectivity index (χ0) is 19.2. The van der Waals surface area contributed by atoms with E-state index in [2.05, 4.69) is 21.2 Å². The molecule has 1 aliphatic carbocycles. The second-order valence-electron chi connectivity index (χ2n) is 6.26. The van der Waals surface area contributed by atoms with Crippen LogP contribution in [0.5, 0.6) is 0 Å². The molecule has 0 amide bonds. The highest BCUT2D eigenvalue weighted by atomic mass is 79.9. The van der Waals surface area contributed by atoms with Crippen molar-refractivity contribution in [3.8, 4) is 0 Å². The number of carbonyl (C=O) groups is 2. The van der Waals surface area contributed by atoms with Gasteiger partial charge in [0.25, 0.3) is 11.7 Å². The number of halogens is 3. The Labute approximate surface area is 155 Å². The number of ether oxygens (including phenoxy) is 2. The summed E-state index contributed by atoms with van der Waals surface area (Å²) >= 11 is 3.08. The summed E-state index contributed by atoms with van der Waals surface area (Å²) in [6.07, 6.45) is 1.42. The number of aliphatic hydroxyl groups is 1. The lowest BCUT2D eigenvalue weighted by Gasteiger charge is -2.33. The molecule has 2 N–H and O–H groups in total. The largest absolute Gasteiger partial charge is 0.480 e. The molecule has 0 saturated heterocycles. The second kappa shape index (κ2) is 6.39. The monoisotopic (exact) mass is 429 g/mol. The van der Waals surface area contributed by atoms with Gasteiger partial charge in [-0.05, 0) is 34.1 Å². The number of anilines is 1. The van der Waals surface area contributed by atoms with Crippen molar-refractivity contribution >= 4 is 33.4 Å². The molecule has 26 heavy (non-hydrogen) atoms. The van der Waals surface area contributed by atoms with Crippen molar-refractivity contribution in [1.82, 2.24) is 0 Å². The highest BCUT2D eigenvalue weighted by Gasteiger charge is 2.47. The van der Waals surface area contributed by atoms with Crippen molar-refractivity contribution in [2.45, 2.75) is 25.7 Å². The number of ketones is 1. The Morgan fingerprint density at radius 3 is 2.54 bits per heavy atom. The van der Waals surface area contributed by atoms with Crippen molar-refractivity contribution < 1.29 is 33.0 Å². The lowest BCUT2D eigenvalue weighted by atomic mass is 9.91. The van der Waals surface area contributed by atoms with Crippen molar-refractivity contribution in [2.24, 2.45) is 5.92 Å². The smallest absolute Gasteiger partial charge is 0.345 e. The number of hydrogen-bond donors (Lipinski definition) is 2. The maximum absolute atomic E-state index is 13.9. The fourth-order valence-electron chi connectivity index (χ4n) is 2.80. The molecule has 6 nitrogen and oxygen atoms in total. The van der Waals surface area contributed by atoms with Gasteiger partial charge in [-0.25, -0.2) is 13.6 Å². The molecule has 3 rings (SSSR count). The number of Topliss-reactive ketones (excluding diaryl/α,β-unsaturated/α-hetero) is 1. The van der Waals surface area contributed by atoms with Crippen LogP contribution in [0.15, 0.2) is 40.3 Å². The Hall–Kier alpha value is -2.42. The molecule has 1 aliphatic heterocycles. The molecule has 2 unspecified atom stereocenters. The van der Waals surface area contributed by atoms with Gasteiger partial charge in [0.2, 0.25) is 0 Å². The van der Waals surface area contributed by atoms with Crippen molar-refractivity contribution in [3.63, 3.8) is 0 Å². The lowest BCUT2D eigenvalue weighted by Crippen LogP contribution is -2.42. The van der Waals surface area contributed by atoms with E-state index in [1.54, 1.807) is 0 Å². The van der Waals surface area contributed by atoms with Gasteiger partial charge in [0, 0.05) is 19.9 Å². The summed E-state index contributed by atoms with van der Waals surface area (Å²) in [5.41, 5.74) is -0.446. The van der Waals surface area contributed by atoms with E-state index >= 15 is 0 Å². The van der Waals surface area contributed by atoms with Gasteiger partial charge in [-0.1, -0.05) is 0 Å². The molecule has 1 heterocycles. The van der Waals surface area contributed by atoms with Gasteiger partial charge in [0.05, 0.1) is 22.1 Å².